The predicted octanol–water partition coefficient (Wildman–Crippen LogP) is 3.32. The molecular weight excluding hydrogens is 411 g/mol. The van der Waals surface area contributed by atoms with Crippen LogP contribution < -0.4 is 10.6 Å². The van der Waals surface area contributed by atoms with Gasteiger partial charge in [0.25, 0.3) is 0 Å². The first kappa shape index (κ1) is 21.2. The lowest BCUT2D eigenvalue weighted by atomic mass is 10.1. The van der Waals surface area contributed by atoms with Crippen LogP contribution in [0, 0.1) is 19.8 Å². The summed E-state index contributed by atoms with van der Waals surface area (Å²) in [7, 11) is 1.84. The molecular formula is C19H33IN4. The van der Waals surface area contributed by atoms with Crippen molar-refractivity contribution in [3.05, 3.63) is 34.9 Å². The van der Waals surface area contributed by atoms with E-state index < -0.39 is 0 Å². The van der Waals surface area contributed by atoms with Crippen LogP contribution in [0.1, 0.15) is 37.5 Å². The van der Waals surface area contributed by atoms with E-state index in [4.69, 9.17) is 0 Å². The maximum atomic E-state index is 4.39. The summed E-state index contributed by atoms with van der Waals surface area (Å²) < 4.78 is 0. The zero-order chi connectivity index (χ0) is 17.0. The lowest BCUT2D eigenvalue weighted by molar-refractivity contribution is 0.265. The molecule has 0 amide bonds. The number of nitrogens with one attached hydrogen (secondary N) is 2. The average Bonchev–Trinajstić information content (AvgIpc) is 2.86. The first-order valence-electron chi connectivity index (χ1n) is 8.68. The zero-order valence-electron chi connectivity index (χ0n) is 15.9. The van der Waals surface area contributed by atoms with E-state index in [1.807, 2.05) is 7.05 Å². The molecule has 0 spiro atoms. The van der Waals surface area contributed by atoms with Crippen LogP contribution in [0.25, 0.3) is 0 Å². The molecule has 0 aromatic heterocycles. The molecule has 136 valence electrons. The van der Waals surface area contributed by atoms with E-state index in [-0.39, 0.29) is 24.0 Å². The van der Waals surface area contributed by atoms with Gasteiger partial charge < -0.3 is 10.6 Å². The number of hydrogen-bond acceptors (Lipinski definition) is 2. The van der Waals surface area contributed by atoms with Crippen LogP contribution in [0.3, 0.4) is 0 Å². The number of aryl methyl sites for hydroxylation is 2. The molecule has 2 N–H and O–H groups in total. The van der Waals surface area contributed by atoms with Crippen molar-refractivity contribution in [2.24, 2.45) is 10.9 Å². The molecule has 0 bridgehead atoms. The monoisotopic (exact) mass is 444 g/mol. The van der Waals surface area contributed by atoms with Gasteiger partial charge in [0.05, 0.1) is 0 Å². The van der Waals surface area contributed by atoms with Gasteiger partial charge in [0.2, 0.25) is 0 Å². The Morgan fingerprint density at radius 2 is 2.00 bits per heavy atom. The molecule has 2 rings (SSSR count). The van der Waals surface area contributed by atoms with Gasteiger partial charge in [-0.2, -0.15) is 0 Å². The van der Waals surface area contributed by atoms with Gasteiger partial charge in [0.1, 0.15) is 0 Å². The third-order valence-electron chi connectivity index (χ3n) is 4.86. The van der Waals surface area contributed by atoms with Crippen LogP contribution in [0.15, 0.2) is 23.2 Å². The van der Waals surface area contributed by atoms with Crippen LogP contribution in [0.2, 0.25) is 0 Å². The summed E-state index contributed by atoms with van der Waals surface area (Å²) in [6.45, 7) is 14.2. The van der Waals surface area contributed by atoms with Gasteiger partial charge in [-0.1, -0.05) is 30.7 Å². The van der Waals surface area contributed by atoms with Crippen molar-refractivity contribution in [1.82, 2.24) is 15.5 Å². The van der Waals surface area contributed by atoms with Crippen molar-refractivity contribution >= 4 is 29.9 Å². The van der Waals surface area contributed by atoms with Gasteiger partial charge in [0, 0.05) is 38.8 Å². The fourth-order valence-corrected chi connectivity index (χ4v) is 3.21. The van der Waals surface area contributed by atoms with Crippen LogP contribution in [-0.4, -0.2) is 43.1 Å². The maximum Gasteiger partial charge on any atom is 0.191 e. The number of hydrogen-bond donors (Lipinski definition) is 2. The Labute approximate surface area is 164 Å². The SMILES string of the molecule is CN=C(NCc1ccc(C)cc1C)NC1CN(C(C)C)CC1C.I. The van der Waals surface area contributed by atoms with E-state index in [0.29, 0.717) is 18.0 Å². The van der Waals surface area contributed by atoms with E-state index in [2.05, 4.69) is 73.3 Å². The smallest absolute Gasteiger partial charge is 0.191 e. The van der Waals surface area contributed by atoms with Crippen LogP contribution in [0.5, 0.6) is 0 Å². The van der Waals surface area contributed by atoms with Crippen LogP contribution in [-0.2, 0) is 6.54 Å². The summed E-state index contributed by atoms with van der Waals surface area (Å²) in [6.07, 6.45) is 0. The Hall–Kier alpha value is -0.820. The van der Waals surface area contributed by atoms with Gasteiger partial charge in [-0.05, 0) is 44.7 Å². The van der Waals surface area contributed by atoms with E-state index in [9.17, 15) is 0 Å². The standard InChI is InChI=1S/C19H32N4.HI/c1-13(2)23-11-16(5)18(12-23)22-19(20-6)21-10-17-8-7-14(3)9-15(17)4;/h7-9,13,16,18H,10-12H2,1-6H3,(H2,20,21,22);1H. The third kappa shape index (κ3) is 5.62. The average molecular weight is 444 g/mol. The Morgan fingerprint density at radius 3 is 2.54 bits per heavy atom. The molecule has 2 atom stereocenters. The molecule has 1 aromatic rings. The van der Waals surface area contributed by atoms with E-state index in [0.717, 1.165) is 25.6 Å². The Morgan fingerprint density at radius 1 is 1.29 bits per heavy atom. The van der Waals surface area contributed by atoms with Crippen LogP contribution in [0.4, 0.5) is 0 Å². The second kappa shape index (κ2) is 9.61. The van der Waals surface area contributed by atoms with Crippen molar-refractivity contribution in [1.29, 1.82) is 0 Å². The minimum absolute atomic E-state index is 0. The molecule has 24 heavy (non-hydrogen) atoms. The van der Waals surface area contributed by atoms with Crippen molar-refractivity contribution in [2.75, 3.05) is 20.1 Å². The second-order valence-corrected chi connectivity index (χ2v) is 7.13. The van der Waals surface area contributed by atoms with Crippen molar-refractivity contribution in [2.45, 2.75) is 53.2 Å². The number of aliphatic imine (C=N–C) groups is 1. The molecule has 1 aromatic carbocycles. The van der Waals surface area contributed by atoms with Crippen molar-refractivity contribution in [3.8, 4) is 0 Å². The topological polar surface area (TPSA) is 39.7 Å². The Bertz CT molecular complexity index is 556. The summed E-state index contributed by atoms with van der Waals surface area (Å²) in [4.78, 5) is 6.92. The molecule has 1 aliphatic heterocycles. The molecule has 1 aliphatic rings. The number of rotatable bonds is 4. The summed E-state index contributed by atoms with van der Waals surface area (Å²) in [5.74, 6) is 1.53. The van der Waals surface area contributed by atoms with Gasteiger partial charge >= 0.3 is 0 Å². The molecule has 1 saturated heterocycles. The Kier molecular flexibility index (Phi) is 8.50. The summed E-state index contributed by atoms with van der Waals surface area (Å²) >= 11 is 0. The molecule has 4 nitrogen and oxygen atoms in total. The quantitative estimate of drug-likeness (QED) is 0.425. The first-order chi connectivity index (χ1) is 10.9. The highest BCUT2D eigenvalue weighted by molar-refractivity contribution is 14.0. The van der Waals surface area contributed by atoms with E-state index in [1.54, 1.807) is 0 Å². The summed E-state index contributed by atoms with van der Waals surface area (Å²) in [5, 5.41) is 7.06. The highest BCUT2D eigenvalue weighted by Gasteiger charge is 2.31. The minimum Gasteiger partial charge on any atom is -0.352 e. The number of guanidine groups is 1. The first-order valence-corrected chi connectivity index (χ1v) is 8.68. The largest absolute Gasteiger partial charge is 0.352 e. The molecule has 0 saturated carbocycles. The van der Waals surface area contributed by atoms with Gasteiger partial charge in [-0.3, -0.25) is 9.89 Å². The van der Waals surface area contributed by atoms with Crippen molar-refractivity contribution in [3.63, 3.8) is 0 Å². The highest BCUT2D eigenvalue weighted by atomic mass is 127. The van der Waals surface area contributed by atoms with Crippen molar-refractivity contribution < 1.29 is 0 Å². The Balaban J connectivity index is 0.00000288. The molecule has 0 aliphatic carbocycles. The zero-order valence-corrected chi connectivity index (χ0v) is 18.2. The van der Waals surface area contributed by atoms with Crippen LogP contribution >= 0.6 is 24.0 Å². The second-order valence-electron chi connectivity index (χ2n) is 7.13. The van der Waals surface area contributed by atoms with E-state index in [1.165, 1.54) is 16.7 Å². The fraction of sp³-hybridized carbons (Fsp3) is 0.632. The molecule has 2 unspecified atom stereocenters. The summed E-state index contributed by atoms with van der Waals surface area (Å²) in [6, 6.07) is 7.66. The minimum atomic E-state index is 0. The van der Waals surface area contributed by atoms with Gasteiger partial charge in [-0.25, -0.2) is 0 Å². The summed E-state index contributed by atoms with van der Waals surface area (Å²) in [5.41, 5.74) is 3.96. The lowest BCUT2D eigenvalue weighted by Gasteiger charge is -2.22. The normalized spacial score (nSPS) is 21.7. The molecule has 1 fully saturated rings. The lowest BCUT2D eigenvalue weighted by Crippen LogP contribution is -2.46. The number of nitrogens with zero attached hydrogens (tertiary/aromatic N) is 2. The molecule has 5 heteroatoms. The van der Waals surface area contributed by atoms with E-state index >= 15 is 0 Å². The molecule has 1 heterocycles. The number of likely N-dealkylation sites (tertiary alicyclic amines) is 1. The fourth-order valence-electron chi connectivity index (χ4n) is 3.21. The number of halogens is 1. The molecule has 0 radical (unpaired) electrons. The maximum absolute atomic E-state index is 4.39. The predicted molar refractivity (Wildman–Crippen MR) is 114 cm³/mol. The number of benzene rings is 1. The van der Waals surface area contributed by atoms with Gasteiger partial charge in [-0.15, -0.1) is 24.0 Å². The third-order valence-corrected chi connectivity index (χ3v) is 4.86. The highest BCUT2D eigenvalue weighted by Crippen LogP contribution is 2.18. The van der Waals surface area contributed by atoms with Gasteiger partial charge in [0.15, 0.2) is 5.96 Å².